The molecule has 0 saturated heterocycles. The van der Waals surface area contributed by atoms with Crippen molar-refractivity contribution < 1.29 is 9.53 Å². The van der Waals surface area contributed by atoms with Crippen LogP contribution >= 0.6 is 0 Å². The molecule has 78 valence electrons. The first-order chi connectivity index (χ1) is 7.20. The van der Waals surface area contributed by atoms with Crippen LogP contribution in [-0.4, -0.2) is 10.5 Å². The quantitative estimate of drug-likeness (QED) is 0.554. The number of benzene rings is 1. The number of carbonyl (C=O) groups is 1. The second-order valence-corrected chi connectivity index (χ2v) is 3.47. The van der Waals surface area contributed by atoms with Gasteiger partial charge in [0.25, 0.3) is 0 Å². The van der Waals surface area contributed by atoms with Gasteiger partial charge in [-0.05, 0) is 23.6 Å². The molecule has 0 bridgehead atoms. The molecule has 0 amide bonds. The lowest BCUT2D eigenvalue weighted by molar-refractivity contribution is -0.134. The number of rotatable bonds is 2. The first kappa shape index (κ1) is 9.77. The Morgan fingerprint density at radius 3 is 2.93 bits per heavy atom. The van der Waals surface area contributed by atoms with E-state index in [2.05, 4.69) is 0 Å². The van der Waals surface area contributed by atoms with E-state index in [9.17, 15) is 4.79 Å². The molecular formula is C12H13NO2. The number of nitrogens with zero attached hydrogens (tertiary/aromatic N) is 1. The summed E-state index contributed by atoms with van der Waals surface area (Å²) in [7, 11) is 1.97. The lowest BCUT2D eigenvalue weighted by atomic mass is 10.2. The van der Waals surface area contributed by atoms with Crippen molar-refractivity contribution in [1.82, 2.24) is 4.57 Å². The minimum absolute atomic E-state index is 0.205. The van der Waals surface area contributed by atoms with Crippen molar-refractivity contribution in [3.63, 3.8) is 0 Å². The highest BCUT2D eigenvalue weighted by atomic mass is 16.5. The van der Waals surface area contributed by atoms with Gasteiger partial charge in [-0.2, -0.15) is 0 Å². The molecular weight excluding hydrogens is 190 g/mol. The number of ether oxygens (including phenoxy) is 1. The van der Waals surface area contributed by atoms with Crippen LogP contribution in [0.25, 0.3) is 10.9 Å². The summed E-state index contributed by atoms with van der Waals surface area (Å²) in [6.45, 7) is 1.78. The van der Waals surface area contributed by atoms with Crippen molar-refractivity contribution in [1.29, 1.82) is 0 Å². The molecule has 15 heavy (non-hydrogen) atoms. The Hall–Kier alpha value is -1.77. The third kappa shape index (κ3) is 1.86. The fourth-order valence-corrected chi connectivity index (χ4v) is 1.51. The van der Waals surface area contributed by atoms with Gasteiger partial charge in [0.15, 0.2) is 0 Å². The van der Waals surface area contributed by atoms with Crippen molar-refractivity contribution in [2.24, 2.45) is 7.05 Å². The van der Waals surface area contributed by atoms with E-state index in [4.69, 9.17) is 4.74 Å². The Labute approximate surface area is 88.3 Å². The summed E-state index contributed by atoms with van der Waals surface area (Å²) in [5.41, 5.74) is 1.07. The van der Waals surface area contributed by atoms with E-state index in [1.807, 2.05) is 42.1 Å². The van der Waals surface area contributed by atoms with Gasteiger partial charge in [0.1, 0.15) is 5.75 Å². The van der Waals surface area contributed by atoms with E-state index in [1.54, 1.807) is 6.92 Å². The second kappa shape index (κ2) is 3.77. The number of hydrogen-bond donors (Lipinski definition) is 0. The summed E-state index contributed by atoms with van der Waals surface area (Å²) >= 11 is 0. The maximum atomic E-state index is 11.1. The standard InChI is InChI=1S/C12H13NO2/c1-3-12(14)15-10-5-4-9-6-7-13(2)11(9)8-10/h4-8H,3H2,1-2H3. The Kier molecular flexibility index (Phi) is 2.46. The summed E-state index contributed by atoms with van der Waals surface area (Å²) in [6, 6.07) is 7.67. The minimum atomic E-state index is -0.205. The van der Waals surface area contributed by atoms with Crippen LogP contribution in [0.15, 0.2) is 30.5 Å². The molecule has 0 atom stereocenters. The normalized spacial score (nSPS) is 10.5. The van der Waals surface area contributed by atoms with Gasteiger partial charge in [-0.3, -0.25) is 4.79 Å². The van der Waals surface area contributed by atoms with Gasteiger partial charge in [-0.25, -0.2) is 0 Å². The summed E-state index contributed by atoms with van der Waals surface area (Å²) < 4.78 is 7.14. The Morgan fingerprint density at radius 1 is 1.40 bits per heavy atom. The monoisotopic (exact) mass is 203 g/mol. The molecule has 3 nitrogen and oxygen atoms in total. The molecule has 2 rings (SSSR count). The predicted octanol–water partition coefficient (Wildman–Crippen LogP) is 2.49. The minimum Gasteiger partial charge on any atom is -0.426 e. The average Bonchev–Trinajstić information content (AvgIpc) is 2.60. The van der Waals surface area contributed by atoms with E-state index in [-0.39, 0.29) is 5.97 Å². The van der Waals surface area contributed by atoms with Crippen molar-refractivity contribution in [3.05, 3.63) is 30.5 Å². The van der Waals surface area contributed by atoms with Crippen molar-refractivity contribution >= 4 is 16.9 Å². The first-order valence-corrected chi connectivity index (χ1v) is 4.96. The topological polar surface area (TPSA) is 31.2 Å². The van der Waals surface area contributed by atoms with Crippen LogP contribution in [0.4, 0.5) is 0 Å². The highest BCUT2D eigenvalue weighted by molar-refractivity contribution is 5.82. The molecule has 0 N–H and O–H groups in total. The average molecular weight is 203 g/mol. The summed E-state index contributed by atoms with van der Waals surface area (Å²) in [5.74, 6) is 0.403. The fourth-order valence-electron chi connectivity index (χ4n) is 1.51. The third-order valence-electron chi connectivity index (χ3n) is 2.38. The van der Waals surface area contributed by atoms with E-state index in [0.717, 1.165) is 10.9 Å². The van der Waals surface area contributed by atoms with Crippen LogP contribution in [0.1, 0.15) is 13.3 Å². The van der Waals surface area contributed by atoms with E-state index >= 15 is 0 Å². The molecule has 0 saturated carbocycles. The van der Waals surface area contributed by atoms with Gasteiger partial charge >= 0.3 is 5.97 Å². The lowest BCUT2D eigenvalue weighted by Gasteiger charge is -2.03. The van der Waals surface area contributed by atoms with Crippen molar-refractivity contribution in [2.75, 3.05) is 0 Å². The maximum Gasteiger partial charge on any atom is 0.310 e. The maximum absolute atomic E-state index is 11.1. The highest BCUT2D eigenvalue weighted by Gasteiger charge is 2.04. The molecule has 1 heterocycles. The lowest BCUT2D eigenvalue weighted by Crippen LogP contribution is -2.05. The van der Waals surface area contributed by atoms with Crippen LogP contribution < -0.4 is 4.74 Å². The Bertz CT molecular complexity index is 499. The van der Waals surface area contributed by atoms with Crippen LogP contribution in [0.3, 0.4) is 0 Å². The summed E-state index contributed by atoms with van der Waals surface area (Å²) in [5, 5.41) is 1.15. The zero-order valence-corrected chi connectivity index (χ0v) is 8.86. The molecule has 2 aromatic rings. The number of carbonyl (C=O) groups excluding carboxylic acids is 1. The Morgan fingerprint density at radius 2 is 2.20 bits per heavy atom. The molecule has 0 fully saturated rings. The number of aryl methyl sites for hydroxylation is 1. The van der Waals surface area contributed by atoms with Crippen LogP contribution in [0.2, 0.25) is 0 Å². The molecule has 0 radical (unpaired) electrons. The molecule has 3 heteroatoms. The predicted molar refractivity (Wildman–Crippen MR) is 58.8 cm³/mol. The SMILES string of the molecule is CCC(=O)Oc1ccc2ccn(C)c2c1. The number of fused-ring (bicyclic) bond motifs is 1. The molecule has 0 unspecified atom stereocenters. The molecule has 0 aliphatic carbocycles. The van der Waals surface area contributed by atoms with Crippen LogP contribution in [-0.2, 0) is 11.8 Å². The first-order valence-electron chi connectivity index (χ1n) is 4.96. The van der Waals surface area contributed by atoms with Crippen LogP contribution in [0.5, 0.6) is 5.75 Å². The van der Waals surface area contributed by atoms with Gasteiger partial charge < -0.3 is 9.30 Å². The zero-order chi connectivity index (χ0) is 10.8. The molecule has 0 aliphatic rings. The van der Waals surface area contributed by atoms with E-state index < -0.39 is 0 Å². The van der Waals surface area contributed by atoms with E-state index in [0.29, 0.717) is 12.2 Å². The molecule has 1 aromatic carbocycles. The Balaban J connectivity index is 2.37. The third-order valence-corrected chi connectivity index (χ3v) is 2.38. The van der Waals surface area contributed by atoms with Crippen molar-refractivity contribution in [3.8, 4) is 5.75 Å². The molecule has 0 spiro atoms. The fraction of sp³-hybridized carbons (Fsp3) is 0.250. The van der Waals surface area contributed by atoms with Gasteiger partial charge in [-0.15, -0.1) is 0 Å². The molecule has 1 aromatic heterocycles. The second-order valence-electron chi connectivity index (χ2n) is 3.47. The summed E-state index contributed by atoms with van der Waals surface area (Å²) in [4.78, 5) is 11.1. The highest BCUT2D eigenvalue weighted by Crippen LogP contribution is 2.21. The van der Waals surface area contributed by atoms with Gasteiger partial charge in [0, 0.05) is 25.7 Å². The number of aromatic nitrogens is 1. The number of esters is 1. The van der Waals surface area contributed by atoms with Gasteiger partial charge in [0.2, 0.25) is 0 Å². The van der Waals surface area contributed by atoms with E-state index in [1.165, 1.54) is 0 Å². The largest absolute Gasteiger partial charge is 0.426 e. The molecule has 0 aliphatic heterocycles. The van der Waals surface area contributed by atoms with Gasteiger partial charge in [-0.1, -0.05) is 6.92 Å². The summed E-state index contributed by atoms with van der Waals surface area (Å²) in [6.07, 6.45) is 2.38. The number of hydrogen-bond acceptors (Lipinski definition) is 2. The smallest absolute Gasteiger partial charge is 0.310 e. The zero-order valence-electron chi connectivity index (χ0n) is 8.86. The van der Waals surface area contributed by atoms with Crippen molar-refractivity contribution in [2.45, 2.75) is 13.3 Å². The van der Waals surface area contributed by atoms with Crippen LogP contribution in [0, 0.1) is 0 Å². The van der Waals surface area contributed by atoms with Gasteiger partial charge in [0.05, 0.1) is 5.52 Å².